The molecule has 0 radical (unpaired) electrons. The molecule has 4 fully saturated rings. The van der Waals surface area contributed by atoms with Crippen molar-refractivity contribution in [2.24, 2.45) is 30.2 Å². The summed E-state index contributed by atoms with van der Waals surface area (Å²) in [5.41, 5.74) is 0.954. The van der Waals surface area contributed by atoms with Crippen LogP contribution in [-0.4, -0.2) is 52.6 Å². The predicted molar refractivity (Wildman–Crippen MR) is 136 cm³/mol. The molecule has 0 aliphatic heterocycles. The first kappa shape index (κ1) is 25.3. The Morgan fingerprint density at radius 3 is 2.25 bits per heavy atom. The summed E-state index contributed by atoms with van der Waals surface area (Å²) in [6, 6.07) is 0. The average molecular weight is 533 g/mol. The number of thioether (sulfide) groups is 1. The Morgan fingerprint density at radius 2 is 1.67 bits per heavy atom. The zero-order valence-electron chi connectivity index (χ0n) is 21.1. The molecular weight excluding hydrogens is 500 g/mol. The van der Waals surface area contributed by atoms with Crippen LogP contribution >= 0.6 is 23.1 Å². The van der Waals surface area contributed by atoms with Crippen LogP contribution in [0.4, 0.5) is 5.00 Å². The minimum atomic E-state index is -0.621. The van der Waals surface area contributed by atoms with E-state index in [2.05, 4.69) is 15.5 Å². The van der Waals surface area contributed by atoms with Gasteiger partial charge in [0.05, 0.1) is 25.5 Å². The second-order valence-corrected chi connectivity index (χ2v) is 12.6. The molecule has 2 heterocycles. The number of aromatic nitrogens is 3. The van der Waals surface area contributed by atoms with E-state index in [0.29, 0.717) is 16.1 Å². The van der Waals surface area contributed by atoms with Crippen LogP contribution in [0.15, 0.2) is 5.16 Å². The van der Waals surface area contributed by atoms with Crippen molar-refractivity contribution in [3.63, 3.8) is 0 Å². The fraction of sp³-hybridized carbons (Fsp3) is 0.640. The molecular formula is C25H32N4O5S2. The number of amides is 1. The fourth-order valence-electron chi connectivity index (χ4n) is 7.00. The van der Waals surface area contributed by atoms with Crippen molar-refractivity contribution in [2.75, 3.05) is 25.3 Å². The minimum Gasteiger partial charge on any atom is -0.465 e. The van der Waals surface area contributed by atoms with Crippen molar-refractivity contribution in [3.05, 3.63) is 21.8 Å². The summed E-state index contributed by atoms with van der Waals surface area (Å²) in [6.45, 7) is 1.63. The first-order chi connectivity index (χ1) is 17.2. The zero-order chi connectivity index (χ0) is 25.6. The normalized spacial score (nSPS) is 26.2. The Labute approximate surface area is 218 Å². The van der Waals surface area contributed by atoms with Crippen LogP contribution in [-0.2, 0) is 27.7 Å². The largest absolute Gasteiger partial charge is 0.465 e. The molecule has 194 valence electrons. The van der Waals surface area contributed by atoms with Gasteiger partial charge >= 0.3 is 11.9 Å². The maximum atomic E-state index is 12.8. The summed E-state index contributed by atoms with van der Waals surface area (Å²) in [4.78, 5) is 37.4. The summed E-state index contributed by atoms with van der Waals surface area (Å²) >= 11 is 2.30. The molecule has 2 aromatic heterocycles. The Hall–Kier alpha value is -2.40. The summed E-state index contributed by atoms with van der Waals surface area (Å²) in [6.07, 6.45) is 9.14. The molecule has 1 amide bonds. The lowest BCUT2D eigenvalue weighted by Gasteiger charge is -2.56. The van der Waals surface area contributed by atoms with Crippen molar-refractivity contribution in [1.82, 2.24) is 14.8 Å². The highest BCUT2D eigenvalue weighted by Gasteiger charge is 2.51. The van der Waals surface area contributed by atoms with Gasteiger partial charge in [0.15, 0.2) is 5.16 Å². The number of hydrogen-bond donors (Lipinski definition) is 1. The van der Waals surface area contributed by atoms with E-state index in [1.807, 2.05) is 11.6 Å². The molecule has 4 saturated carbocycles. The Kier molecular flexibility index (Phi) is 6.88. The van der Waals surface area contributed by atoms with E-state index in [4.69, 9.17) is 9.47 Å². The van der Waals surface area contributed by atoms with E-state index in [0.717, 1.165) is 41.3 Å². The number of methoxy groups -OCH3 is 2. The third kappa shape index (κ3) is 4.67. The number of hydrogen-bond acceptors (Lipinski definition) is 9. The lowest BCUT2D eigenvalue weighted by atomic mass is 9.49. The van der Waals surface area contributed by atoms with Gasteiger partial charge in [-0.1, -0.05) is 11.8 Å². The van der Waals surface area contributed by atoms with Gasteiger partial charge in [0.1, 0.15) is 15.7 Å². The molecule has 0 atom stereocenters. The SMILES string of the molecule is COC(=O)c1sc(NC(=O)CSc2nnc(CC34CC5CC(CC(C5)C3)C4)n2C)c(C(=O)OC)c1C. The Morgan fingerprint density at radius 1 is 1.06 bits per heavy atom. The smallest absolute Gasteiger partial charge is 0.348 e. The van der Waals surface area contributed by atoms with Crippen LogP contribution in [0.2, 0.25) is 0 Å². The van der Waals surface area contributed by atoms with Gasteiger partial charge in [0, 0.05) is 13.5 Å². The first-order valence-electron chi connectivity index (χ1n) is 12.3. The van der Waals surface area contributed by atoms with Crippen molar-refractivity contribution >= 4 is 45.9 Å². The summed E-state index contributed by atoms with van der Waals surface area (Å²) < 4.78 is 11.7. The first-order valence-corrected chi connectivity index (χ1v) is 14.1. The molecule has 4 bridgehead atoms. The highest BCUT2D eigenvalue weighted by atomic mass is 32.2. The van der Waals surface area contributed by atoms with Crippen LogP contribution in [0.1, 0.15) is 69.9 Å². The van der Waals surface area contributed by atoms with Crippen molar-refractivity contribution in [1.29, 1.82) is 0 Å². The highest BCUT2D eigenvalue weighted by Crippen LogP contribution is 2.61. The van der Waals surface area contributed by atoms with E-state index >= 15 is 0 Å². The molecule has 4 aliphatic carbocycles. The van der Waals surface area contributed by atoms with Gasteiger partial charge in [-0.3, -0.25) is 4.79 Å². The molecule has 4 aliphatic rings. The van der Waals surface area contributed by atoms with Crippen LogP contribution < -0.4 is 5.32 Å². The number of thiophene rings is 1. The van der Waals surface area contributed by atoms with Crippen molar-refractivity contribution in [2.45, 2.75) is 57.0 Å². The number of ether oxygens (including phenoxy) is 2. The molecule has 9 nitrogen and oxygen atoms in total. The van der Waals surface area contributed by atoms with Gasteiger partial charge < -0.3 is 19.4 Å². The zero-order valence-corrected chi connectivity index (χ0v) is 22.7. The number of rotatable bonds is 8. The molecule has 6 rings (SSSR count). The predicted octanol–water partition coefficient (Wildman–Crippen LogP) is 4.25. The molecule has 1 N–H and O–H groups in total. The van der Waals surface area contributed by atoms with Crippen molar-refractivity contribution < 1.29 is 23.9 Å². The molecule has 0 spiro atoms. The fourth-order valence-corrected chi connectivity index (χ4v) is 8.86. The molecule has 0 unspecified atom stereocenters. The maximum Gasteiger partial charge on any atom is 0.348 e. The summed E-state index contributed by atoms with van der Waals surface area (Å²) in [5, 5.41) is 12.6. The number of carbonyl (C=O) groups excluding carboxylic acids is 3. The van der Waals surface area contributed by atoms with Crippen LogP contribution in [0.5, 0.6) is 0 Å². The summed E-state index contributed by atoms with van der Waals surface area (Å²) in [5.74, 6) is 2.24. The number of carbonyl (C=O) groups is 3. The lowest BCUT2D eigenvalue weighted by Crippen LogP contribution is -2.47. The van der Waals surface area contributed by atoms with Crippen LogP contribution in [0.25, 0.3) is 0 Å². The van der Waals surface area contributed by atoms with Gasteiger partial charge in [-0.2, -0.15) is 0 Å². The third-order valence-electron chi connectivity index (χ3n) is 8.12. The van der Waals surface area contributed by atoms with Gasteiger partial charge in [0.2, 0.25) is 5.91 Å². The quantitative estimate of drug-likeness (QED) is 0.397. The molecule has 11 heteroatoms. The molecule has 0 aromatic carbocycles. The Balaban J connectivity index is 1.24. The second-order valence-electron chi connectivity index (χ2n) is 10.6. The van der Waals surface area contributed by atoms with E-state index in [-0.39, 0.29) is 27.1 Å². The Bertz CT molecular complexity index is 1170. The van der Waals surface area contributed by atoms with Crippen molar-refractivity contribution in [3.8, 4) is 0 Å². The van der Waals surface area contributed by atoms with Gasteiger partial charge in [-0.25, -0.2) is 9.59 Å². The number of nitrogens with one attached hydrogen (secondary N) is 1. The third-order valence-corrected chi connectivity index (χ3v) is 10.3. The molecule has 0 saturated heterocycles. The highest BCUT2D eigenvalue weighted by molar-refractivity contribution is 7.99. The van der Waals surface area contributed by atoms with E-state index in [1.54, 1.807) is 6.92 Å². The van der Waals surface area contributed by atoms with Gasteiger partial charge in [-0.15, -0.1) is 21.5 Å². The van der Waals surface area contributed by atoms with E-state index in [9.17, 15) is 14.4 Å². The summed E-state index contributed by atoms with van der Waals surface area (Å²) in [7, 11) is 4.50. The lowest BCUT2D eigenvalue weighted by molar-refractivity contribution is -0.113. The maximum absolute atomic E-state index is 12.8. The number of nitrogens with zero attached hydrogens (tertiary/aromatic N) is 3. The monoisotopic (exact) mass is 532 g/mol. The van der Waals surface area contributed by atoms with E-state index < -0.39 is 11.9 Å². The second kappa shape index (κ2) is 9.81. The molecule has 36 heavy (non-hydrogen) atoms. The number of anilines is 1. The van der Waals surface area contributed by atoms with E-state index in [1.165, 1.54) is 64.5 Å². The standard InChI is InChI=1S/C25H32N4O5S2/c1-13-19(22(31)33-3)21(36-20(13)23(32)34-4)26-18(30)12-35-24-28-27-17(29(24)2)11-25-8-14-5-15(9-25)7-16(6-14)10-25/h14-16H,5-12H2,1-4H3,(H,26,30). The topological polar surface area (TPSA) is 112 Å². The average Bonchev–Trinajstić information content (AvgIpc) is 3.34. The molecule has 2 aromatic rings. The van der Waals surface area contributed by atoms with Crippen LogP contribution in [0.3, 0.4) is 0 Å². The number of esters is 2. The van der Waals surface area contributed by atoms with Gasteiger partial charge in [0.25, 0.3) is 0 Å². The van der Waals surface area contributed by atoms with Gasteiger partial charge in [-0.05, 0) is 74.2 Å². The van der Waals surface area contributed by atoms with Crippen LogP contribution in [0, 0.1) is 30.1 Å². The minimum absolute atomic E-state index is 0.0917.